The summed E-state index contributed by atoms with van der Waals surface area (Å²) in [5.41, 5.74) is 1.55. The van der Waals surface area contributed by atoms with Gasteiger partial charge in [-0.2, -0.15) is 13.2 Å². The molecule has 0 saturated heterocycles. The van der Waals surface area contributed by atoms with Gasteiger partial charge in [-0.1, -0.05) is 70.6 Å². The molecule has 0 spiro atoms. The first kappa shape index (κ1) is 30.3. The number of ether oxygens (including phenoxy) is 2. The number of hydrogen-bond donors (Lipinski definition) is 1. The maximum absolute atomic E-state index is 12.1. The number of alkyl halides is 3. The SMILES string of the molecule is CCOCCOC(=O)c1ccc(NCCCCCCCCCCCCCCCC(F)(F)F)cc1. The molecule has 1 aromatic carbocycles. The van der Waals surface area contributed by atoms with Crippen molar-refractivity contribution in [1.29, 1.82) is 0 Å². The molecule has 0 radical (unpaired) electrons. The van der Waals surface area contributed by atoms with E-state index in [2.05, 4.69) is 5.32 Å². The average Bonchev–Trinajstić information content (AvgIpc) is 2.81. The van der Waals surface area contributed by atoms with E-state index in [1.165, 1.54) is 44.9 Å². The molecule has 34 heavy (non-hydrogen) atoms. The third-order valence-corrected chi connectivity index (χ3v) is 5.75. The monoisotopic (exact) mass is 487 g/mol. The number of benzene rings is 1. The van der Waals surface area contributed by atoms with Gasteiger partial charge in [0.15, 0.2) is 0 Å². The molecule has 0 heterocycles. The van der Waals surface area contributed by atoms with Crippen molar-refractivity contribution in [3.63, 3.8) is 0 Å². The molecule has 0 amide bonds. The summed E-state index contributed by atoms with van der Waals surface area (Å²) in [7, 11) is 0. The summed E-state index contributed by atoms with van der Waals surface area (Å²) < 4.78 is 46.5. The number of esters is 1. The smallest absolute Gasteiger partial charge is 0.389 e. The third kappa shape index (κ3) is 17.7. The van der Waals surface area contributed by atoms with Crippen LogP contribution in [0.25, 0.3) is 0 Å². The fourth-order valence-electron chi connectivity index (χ4n) is 3.77. The first-order chi connectivity index (χ1) is 16.4. The summed E-state index contributed by atoms with van der Waals surface area (Å²) in [5, 5.41) is 3.39. The first-order valence-electron chi connectivity index (χ1n) is 13.1. The lowest BCUT2D eigenvalue weighted by atomic mass is 10.0. The topological polar surface area (TPSA) is 47.6 Å². The minimum absolute atomic E-state index is 0.268. The van der Waals surface area contributed by atoms with Gasteiger partial charge in [-0.25, -0.2) is 4.79 Å². The van der Waals surface area contributed by atoms with E-state index >= 15 is 0 Å². The second kappa shape index (κ2) is 19.5. The molecule has 1 aromatic rings. The molecule has 0 aliphatic rings. The minimum atomic E-state index is -3.99. The molecule has 0 saturated carbocycles. The molecule has 0 atom stereocenters. The van der Waals surface area contributed by atoms with E-state index in [1.807, 2.05) is 19.1 Å². The predicted molar refractivity (Wildman–Crippen MR) is 132 cm³/mol. The van der Waals surface area contributed by atoms with Gasteiger partial charge in [0, 0.05) is 25.3 Å². The van der Waals surface area contributed by atoms with Crippen LogP contribution < -0.4 is 5.32 Å². The molecule has 0 aliphatic carbocycles. The molecule has 0 aromatic heterocycles. The largest absolute Gasteiger partial charge is 0.460 e. The van der Waals surface area contributed by atoms with Crippen molar-refractivity contribution in [3.05, 3.63) is 29.8 Å². The van der Waals surface area contributed by atoms with Gasteiger partial charge in [-0.05, 0) is 44.0 Å². The van der Waals surface area contributed by atoms with Crippen molar-refractivity contribution < 1.29 is 27.4 Å². The van der Waals surface area contributed by atoms with Gasteiger partial charge in [0.1, 0.15) is 6.61 Å². The Morgan fingerprint density at radius 3 is 1.76 bits per heavy atom. The molecule has 1 rings (SSSR count). The highest BCUT2D eigenvalue weighted by Crippen LogP contribution is 2.23. The Morgan fingerprint density at radius 2 is 1.26 bits per heavy atom. The van der Waals surface area contributed by atoms with Crippen LogP contribution in [0.5, 0.6) is 0 Å². The Hall–Kier alpha value is -1.76. The van der Waals surface area contributed by atoms with Crippen LogP contribution in [0.4, 0.5) is 18.9 Å². The highest BCUT2D eigenvalue weighted by molar-refractivity contribution is 5.89. The number of carbonyl (C=O) groups is 1. The van der Waals surface area contributed by atoms with Gasteiger partial charge in [-0.3, -0.25) is 0 Å². The number of halogens is 3. The van der Waals surface area contributed by atoms with E-state index in [4.69, 9.17) is 9.47 Å². The maximum Gasteiger partial charge on any atom is 0.389 e. The van der Waals surface area contributed by atoms with Crippen molar-refractivity contribution in [1.82, 2.24) is 0 Å². The van der Waals surface area contributed by atoms with E-state index in [9.17, 15) is 18.0 Å². The molecule has 7 heteroatoms. The number of rotatable bonds is 21. The van der Waals surface area contributed by atoms with E-state index in [0.717, 1.165) is 37.9 Å². The van der Waals surface area contributed by atoms with Crippen LogP contribution in [0.15, 0.2) is 24.3 Å². The lowest BCUT2D eigenvalue weighted by Gasteiger charge is -2.08. The summed E-state index contributed by atoms with van der Waals surface area (Å²) >= 11 is 0. The van der Waals surface area contributed by atoms with Crippen LogP contribution in [0, 0.1) is 0 Å². The highest BCUT2D eigenvalue weighted by atomic mass is 19.4. The van der Waals surface area contributed by atoms with Gasteiger partial charge in [0.25, 0.3) is 0 Å². The van der Waals surface area contributed by atoms with Crippen LogP contribution >= 0.6 is 0 Å². The quantitative estimate of drug-likeness (QED) is 0.140. The number of hydrogen-bond acceptors (Lipinski definition) is 4. The Kier molecular flexibility index (Phi) is 17.4. The Balaban J connectivity index is 1.89. The summed E-state index contributed by atoms with van der Waals surface area (Å²) in [5.74, 6) is -0.328. The predicted octanol–water partition coefficient (Wildman–Crippen LogP) is 8.32. The molecule has 196 valence electrons. The second-order valence-electron chi connectivity index (χ2n) is 8.80. The summed E-state index contributed by atoms with van der Waals surface area (Å²) in [6.45, 7) is 4.12. The lowest BCUT2D eigenvalue weighted by Crippen LogP contribution is -2.11. The van der Waals surface area contributed by atoms with E-state index < -0.39 is 12.6 Å². The molecule has 0 aliphatic heterocycles. The zero-order valence-electron chi connectivity index (χ0n) is 20.9. The first-order valence-corrected chi connectivity index (χ1v) is 13.1. The van der Waals surface area contributed by atoms with Crippen molar-refractivity contribution >= 4 is 11.7 Å². The Morgan fingerprint density at radius 1 is 0.765 bits per heavy atom. The zero-order chi connectivity index (χ0) is 24.9. The molecule has 0 fully saturated rings. The average molecular weight is 488 g/mol. The van der Waals surface area contributed by atoms with Crippen LogP contribution in [0.3, 0.4) is 0 Å². The van der Waals surface area contributed by atoms with Crippen molar-refractivity contribution in [2.45, 2.75) is 103 Å². The number of nitrogens with one attached hydrogen (secondary N) is 1. The van der Waals surface area contributed by atoms with E-state index in [0.29, 0.717) is 25.2 Å². The number of carbonyl (C=O) groups excluding carboxylic acids is 1. The molecular weight excluding hydrogens is 443 g/mol. The van der Waals surface area contributed by atoms with Gasteiger partial charge in [0.2, 0.25) is 0 Å². The molecule has 4 nitrogen and oxygen atoms in total. The minimum Gasteiger partial charge on any atom is -0.460 e. The number of unbranched alkanes of at least 4 members (excludes halogenated alkanes) is 12. The van der Waals surface area contributed by atoms with E-state index in [1.54, 1.807) is 12.1 Å². The van der Waals surface area contributed by atoms with Crippen molar-refractivity contribution in [3.8, 4) is 0 Å². The van der Waals surface area contributed by atoms with Crippen LogP contribution in [-0.4, -0.2) is 38.5 Å². The number of anilines is 1. The Bertz CT molecular complexity index is 621. The normalized spacial score (nSPS) is 11.5. The van der Waals surface area contributed by atoms with Crippen LogP contribution in [0.2, 0.25) is 0 Å². The van der Waals surface area contributed by atoms with Crippen molar-refractivity contribution in [2.24, 2.45) is 0 Å². The van der Waals surface area contributed by atoms with Gasteiger partial charge in [-0.15, -0.1) is 0 Å². The van der Waals surface area contributed by atoms with E-state index in [-0.39, 0.29) is 19.0 Å². The highest BCUT2D eigenvalue weighted by Gasteiger charge is 2.25. The maximum atomic E-state index is 12.1. The van der Waals surface area contributed by atoms with Crippen LogP contribution in [0.1, 0.15) is 107 Å². The molecule has 1 N–H and O–H groups in total. The Labute approximate surface area is 204 Å². The summed E-state index contributed by atoms with van der Waals surface area (Å²) in [6.07, 6.45) is 9.27. The molecule has 0 bridgehead atoms. The second-order valence-corrected chi connectivity index (χ2v) is 8.80. The standard InChI is InChI=1S/C27H44F3NO3/c1-2-33-22-23-34-26(32)24-16-18-25(19-17-24)31-21-15-13-11-9-7-5-3-4-6-8-10-12-14-20-27(28,29)30/h16-19,31H,2-15,20-23H2,1H3. The summed E-state index contributed by atoms with van der Waals surface area (Å²) in [4.78, 5) is 11.9. The van der Waals surface area contributed by atoms with Gasteiger partial charge in [0.05, 0.1) is 12.2 Å². The van der Waals surface area contributed by atoms with Crippen LogP contribution in [-0.2, 0) is 9.47 Å². The lowest BCUT2D eigenvalue weighted by molar-refractivity contribution is -0.135. The summed E-state index contributed by atoms with van der Waals surface area (Å²) in [6, 6.07) is 7.36. The molecular formula is C27H44F3NO3. The van der Waals surface area contributed by atoms with Gasteiger partial charge < -0.3 is 14.8 Å². The van der Waals surface area contributed by atoms with Gasteiger partial charge >= 0.3 is 12.1 Å². The molecule has 0 unspecified atom stereocenters. The van der Waals surface area contributed by atoms with Crippen molar-refractivity contribution in [2.75, 3.05) is 31.7 Å². The zero-order valence-corrected chi connectivity index (χ0v) is 20.9. The fraction of sp³-hybridized carbons (Fsp3) is 0.741. The fourth-order valence-corrected chi connectivity index (χ4v) is 3.77. The third-order valence-electron chi connectivity index (χ3n) is 5.75.